The highest BCUT2D eigenvalue weighted by molar-refractivity contribution is 6.01. The first-order valence-electron chi connectivity index (χ1n) is 11.7. The van der Waals surface area contributed by atoms with Gasteiger partial charge in [-0.3, -0.25) is 19.2 Å². The zero-order chi connectivity index (χ0) is 25.4. The number of likely N-dealkylation sites (N-methyl/N-ethyl adjacent to an activating group) is 1. The van der Waals surface area contributed by atoms with Gasteiger partial charge in [0, 0.05) is 19.5 Å². The molecule has 1 aliphatic rings. The standard InChI is InChI=1S/C26H32N4O5/c1-17(2)27-25(33)20-16-23(31)28-21(15-18-9-5-4-6-10-18)26(34)30(3)13-14-35-22-12-8-7-11-19(22)24(32)29-20/h4-12,17,20-21H,13-16H2,1-3H3,(H,27,33)(H,28,31)(H,29,32)/t20-,21+/m0/s1. The minimum Gasteiger partial charge on any atom is -0.491 e. The summed E-state index contributed by atoms with van der Waals surface area (Å²) in [6.45, 7) is 3.98. The van der Waals surface area contributed by atoms with Gasteiger partial charge in [0.2, 0.25) is 17.7 Å². The molecular formula is C26H32N4O5. The molecule has 0 bridgehead atoms. The number of hydrogen-bond donors (Lipinski definition) is 3. The van der Waals surface area contributed by atoms with Gasteiger partial charge in [0.15, 0.2) is 0 Å². The van der Waals surface area contributed by atoms with E-state index in [9.17, 15) is 19.2 Å². The fourth-order valence-corrected chi connectivity index (χ4v) is 3.77. The van der Waals surface area contributed by atoms with Gasteiger partial charge in [0.1, 0.15) is 24.4 Å². The zero-order valence-corrected chi connectivity index (χ0v) is 20.2. The summed E-state index contributed by atoms with van der Waals surface area (Å²) < 4.78 is 5.81. The summed E-state index contributed by atoms with van der Waals surface area (Å²) in [7, 11) is 1.64. The van der Waals surface area contributed by atoms with E-state index in [0.717, 1.165) is 5.56 Å². The van der Waals surface area contributed by atoms with Gasteiger partial charge in [0.05, 0.1) is 18.5 Å². The van der Waals surface area contributed by atoms with E-state index >= 15 is 0 Å². The van der Waals surface area contributed by atoms with Crippen molar-refractivity contribution in [3.63, 3.8) is 0 Å². The first-order chi connectivity index (χ1) is 16.7. The molecule has 2 aromatic rings. The smallest absolute Gasteiger partial charge is 0.255 e. The van der Waals surface area contributed by atoms with Crippen LogP contribution in [0.1, 0.15) is 36.2 Å². The third kappa shape index (κ3) is 7.30. The Balaban J connectivity index is 1.91. The van der Waals surface area contributed by atoms with Crippen molar-refractivity contribution in [3.8, 4) is 5.75 Å². The first kappa shape index (κ1) is 25.7. The molecule has 9 nitrogen and oxygen atoms in total. The number of nitrogens with one attached hydrogen (secondary N) is 3. The van der Waals surface area contributed by atoms with Crippen LogP contribution >= 0.6 is 0 Å². The van der Waals surface area contributed by atoms with E-state index in [-0.39, 0.29) is 43.5 Å². The Morgan fingerprint density at radius 2 is 1.74 bits per heavy atom. The molecule has 1 heterocycles. The predicted molar refractivity (Wildman–Crippen MR) is 131 cm³/mol. The number of benzene rings is 2. The van der Waals surface area contributed by atoms with Crippen LogP contribution in [0.3, 0.4) is 0 Å². The van der Waals surface area contributed by atoms with E-state index in [2.05, 4.69) is 16.0 Å². The van der Waals surface area contributed by atoms with Crippen molar-refractivity contribution in [2.24, 2.45) is 0 Å². The molecular weight excluding hydrogens is 448 g/mol. The van der Waals surface area contributed by atoms with E-state index < -0.39 is 29.8 Å². The molecule has 0 unspecified atom stereocenters. The highest BCUT2D eigenvalue weighted by Gasteiger charge is 2.30. The van der Waals surface area contributed by atoms with Gasteiger partial charge in [0.25, 0.3) is 5.91 Å². The van der Waals surface area contributed by atoms with E-state index in [4.69, 9.17) is 4.74 Å². The van der Waals surface area contributed by atoms with Gasteiger partial charge in [-0.2, -0.15) is 0 Å². The number of para-hydroxylation sites is 1. The van der Waals surface area contributed by atoms with E-state index in [1.54, 1.807) is 45.2 Å². The summed E-state index contributed by atoms with van der Waals surface area (Å²) in [6, 6.07) is 13.8. The van der Waals surface area contributed by atoms with Crippen LogP contribution in [-0.2, 0) is 20.8 Å². The summed E-state index contributed by atoms with van der Waals surface area (Å²) in [4.78, 5) is 53.6. The third-order valence-corrected chi connectivity index (χ3v) is 5.55. The molecule has 4 amide bonds. The lowest BCUT2D eigenvalue weighted by Gasteiger charge is -2.27. The highest BCUT2D eigenvalue weighted by atomic mass is 16.5. The number of rotatable bonds is 4. The topological polar surface area (TPSA) is 117 Å². The van der Waals surface area contributed by atoms with Crippen molar-refractivity contribution < 1.29 is 23.9 Å². The van der Waals surface area contributed by atoms with Crippen LogP contribution in [0.25, 0.3) is 0 Å². The second-order valence-corrected chi connectivity index (χ2v) is 8.81. The van der Waals surface area contributed by atoms with Gasteiger partial charge in [-0.15, -0.1) is 0 Å². The van der Waals surface area contributed by atoms with Crippen molar-refractivity contribution in [1.29, 1.82) is 0 Å². The molecule has 1 aliphatic heterocycles. The minimum atomic E-state index is -1.13. The first-order valence-corrected chi connectivity index (χ1v) is 11.7. The van der Waals surface area contributed by atoms with Crippen LogP contribution in [-0.4, -0.2) is 66.9 Å². The molecule has 0 saturated heterocycles. The average molecular weight is 481 g/mol. The molecule has 0 radical (unpaired) electrons. The molecule has 2 atom stereocenters. The normalized spacial score (nSPS) is 19.7. The van der Waals surface area contributed by atoms with E-state index in [0.29, 0.717) is 5.75 Å². The summed E-state index contributed by atoms with van der Waals surface area (Å²) in [6.07, 6.45) is -0.0374. The molecule has 0 aromatic heterocycles. The summed E-state index contributed by atoms with van der Waals surface area (Å²) in [5, 5.41) is 8.17. The molecule has 186 valence electrons. The average Bonchev–Trinajstić information content (AvgIpc) is 2.82. The van der Waals surface area contributed by atoms with Crippen LogP contribution in [0.2, 0.25) is 0 Å². The number of hydrogen-bond acceptors (Lipinski definition) is 5. The lowest BCUT2D eigenvalue weighted by Crippen LogP contribution is -2.54. The van der Waals surface area contributed by atoms with Gasteiger partial charge in [-0.25, -0.2) is 0 Å². The van der Waals surface area contributed by atoms with Crippen molar-refractivity contribution in [2.45, 2.75) is 44.8 Å². The lowest BCUT2D eigenvalue weighted by atomic mass is 10.0. The highest BCUT2D eigenvalue weighted by Crippen LogP contribution is 2.19. The quantitative estimate of drug-likeness (QED) is 0.610. The minimum absolute atomic E-state index is 0.149. The maximum absolute atomic E-state index is 13.2. The Morgan fingerprint density at radius 3 is 2.46 bits per heavy atom. The SMILES string of the molecule is CC(C)NC(=O)[C@@H]1CC(=O)N[C@H](Cc2ccccc2)C(=O)N(C)CCOc2ccccc2C(=O)N1. The molecule has 3 N–H and O–H groups in total. The zero-order valence-electron chi connectivity index (χ0n) is 20.2. The Kier molecular flexibility index (Phi) is 8.83. The summed E-state index contributed by atoms with van der Waals surface area (Å²) >= 11 is 0. The number of carbonyl (C=O) groups excluding carboxylic acids is 4. The summed E-state index contributed by atoms with van der Waals surface area (Å²) in [5.74, 6) is -1.48. The predicted octanol–water partition coefficient (Wildman–Crippen LogP) is 1.28. The Bertz CT molecular complexity index is 1060. The molecule has 0 aliphatic carbocycles. The molecule has 0 fully saturated rings. The number of ether oxygens (including phenoxy) is 1. The molecule has 0 spiro atoms. The van der Waals surface area contributed by atoms with E-state index in [1.807, 2.05) is 30.3 Å². The molecule has 35 heavy (non-hydrogen) atoms. The number of carbonyl (C=O) groups is 4. The molecule has 9 heteroatoms. The monoisotopic (exact) mass is 480 g/mol. The number of fused-ring (bicyclic) bond motifs is 1. The van der Waals surface area contributed by atoms with Crippen molar-refractivity contribution >= 4 is 23.6 Å². The fourth-order valence-electron chi connectivity index (χ4n) is 3.77. The van der Waals surface area contributed by atoms with Crippen LogP contribution < -0.4 is 20.7 Å². The number of amides is 4. The van der Waals surface area contributed by atoms with Gasteiger partial charge >= 0.3 is 0 Å². The Morgan fingerprint density at radius 1 is 1.06 bits per heavy atom. The van der Waals surface area contributed by atoms with Crippen molar-refractivity contribution in [1.82, 2.24) is 20.9 Å². The van der Waals surface area contributed by atoms with Crippen LogP contribution in [0.5, 0.6) is 5.75 Å². The molecule has 0 saturated carbocycles. The van der Waals surface area contributed by atoms with Crippen molar-refractivity contribution in [3.05, 3.63) is 65.7 Å². The largest absolute Gasteiger partial charge is 0.491 e. The van der Waals surface area contributed by atoms with Crippen molar-refractivity contribution in [2.75, 3.05) is 20.2 Å². The maximum atomic E-state index is 13.2. The molecule has 2 aromatic carbocycles. The molecule has 3 rings (SSSR count). The van der Waals surface area contributed by atoms with Crippen LogP contribution in [0.4, 0.5) is 0 Å². The second-order valence-electron chi connectivity index (χ2n) is 8.81. The Labute approximate surface area is 205 Å². The van der Waals surface area contributed by atoms with Gasteiger partial charge < -0.3 is 25.6 Å². The third-order valence-electron chi connectivity index (χ3n) is 5.55. The van der Waals surface area contributed by atoms with Gasteiger partial charge in [-0.05, 0) is 31.5 Å². The summed E-state index contributed by atoms with van der Waals surface area (Å²) in [5.41, 5.74) is 1.12. The van der Waals surface area contributed by atoms with Crippen LogP contribution in [0.15, 0.2) is 54.6 Å². The Hall–Kier alpha value is -3.88. The van der Waals surface area contributed by atoms with Crippen LogP contribution in [0, 0.1) is 0 Å². The fraction of sp³-hybridized carbons (Fsp3) is 0.385. The second kappa shape index (κ2) is 12.0. The number of nitrogens with zero attached hydrogens (tertiary/aromatic N) is 1. The van der Waals surface area contributed by atoms with E-state index in [1.165, 1.54) is 4.90 Å². The van der Waals surface area contributed by atoms with Gasteiger partial charge in [-0.1, -0.05) is 42.5 Å². The lowest BCUT2D eigenvalue weighted by molar-refractivity contribution is -0.136. The maximum Gasteiger partial charge on any atom is 0.255 e.